The topological polar surface area (TPSA) is 59.0 Å². The third-order valence-electron chi connectivity index (χ3n) is 6.17. The second-order valence-electron chi connectivity index (χ2n) is 7.72. The number of likely N-dealkylation sites (tertiary alicyclic amines) is 1. The van der Waals surface area contributed by atoms with Crippen molar-refractivity contribution in [2.24, 2.45) is 11.8 Å². The monoisotopic (exact) mass is 361 g/mol. The summed E-state index contributed by atoms with van der Waals surface area (Å²) in [6.45, 7) is 4.85. The summed E-state index contributed by atoms with van der Waals surface area (Å²) >= 11 is 0. The number of aryl methyl sites for hydroxylation is 1. The minimum absolute atomic E-state index is 0.0973. The number of carbonyl (C=O) groups excluding carboxylic acids is 1. The molecule has 0 aliphatic carbocycles. The van der Waals surface area contributed by atoms with Gasteiger partial charge in [0.1, 0.15) is 5.75 Å². The highest BCUT2D eigenvalue weighted by molar-refractivity contribution is 5.76. The first kappa shape index (κ1) is 19.2. The predicted octanol–water partition coefficient (Wildman–Crippen LogP) is 2.65. The second kappa shape index (κ2) is 8.40. The zero-order valence-corrected chi connectivity index (χ0v) is 15.9. The Balaban J connectivity index is 1.53. The molecule has 1 N–H and O–H groups in total. The standard InChI is InChI=1S/C21H31NO4/c1-16-15-22(11-10-21(16,24)18-8-12-26-13-9-18)20(23)7-6-17-4-3-5-19(14-17)25-2/h3-5,14,16,18,24H,6-13,15H2,1-2H3/t16-,21+/m1/s1. The third kappa shape index (κ3) is 4.21. The Labute approximate surface area is 156 Å². The highest BCUT2D eigenvalue weighted by Gasteiger charge is 2.45. The van der Waals surface area contributed by atoms with Crippen molar-refractivity contribution in [3.05, 3.63) is 29.8 Å². The van der Waals surface area contributed by atoms with Crippen LogP contribution in [-0.2, 0) is 16.0 Å². The van der Waals surface area contributed by atoms with E-state index >= 15 is 0 Å². The van der Waals surface area contributed by atoms with Gasteiger partial charge in [-0.05, 0) is 49.3 Å². The first-order chi connectivity index (χ1) is 12.5. The SMILES string of the molecule is COc1cccc(CCC(=O)N2CC[C@@](O)(C3CCOCC3)[C@H](C)C2)c1. The first-order valence-electron chi connectivity index (χ1n) is 9.73. The second-order valence-corrected chi connectivity index (χ2v) is 7.72. The molecule has 26 heavy (non-hydrogen) atoms. The van der Waals surface area contributed by atoms with Gasteiger partial charge in [0.2, 0.25) is 5.91 Å². The van der Waals surface area contributed by atoms with Gasteiger partial charge in [0.25, 0.3) is 0 Å². The molecule has 2 heterocycles. The molecule has 2 saturated heterocycles. The number of benzene rings is 1. The fraction of sp³-hybridized carbons (Fsp3) is 0.667. The number of aliphatic hydroxyl groups is 1. The quantitative estimate of drug-likeness (QED) is 0.876. The fourth-order valence-corrected chi connectivity index (χ4v) is 4.41. The first-order valence-corrected chi connectivity index (χ1v) is 9.73. The maximum atomic E-state index is 12.7. The Bertz CT molecular complexity index is 614. The van der Waals surface area contributed by atoms with Gasteiger partial charge in [-0.15, -0.1) is 0 Å². The van der Waals surface area contributed by atoms with E-state index in [2.05, 4.69) is 6.92 Å². The number of ether oxygens (including phenoxy) is 2. The van der Waals surface area contributed by atoms with E-state index in [1.807, 2.05) is 29.2 Å². The van der Waals surface area contributed by atoms with Gasteiger partial charge in [-0.2, -0.15) is 0 Å². The number of methoxy groups -OCH3 is 1. The number of nitrogens with zero attached hydrogens (tertiary/aromatic N) is 1. The van der Waals surface area contributed by atoms with Crippen LogP contribution in [-0.4, -0.2) is 54.9 Å². The lowest BCUT2D eigenvalue weighted by Crippen LogP contribution is -2.56. The summed E-state index contributed by atoms with van der Waals surface area (Å²) < 4.78 is 10.7. The summed E-state index contributed by atoms with van der Waals surface area (Å²) in [5.41, 5.74) is 0.453. The van der Waals surface area contributed by atoms with E-state index in [1.54, 1.807) is 7.11 Å². The molecule has 144 valence electrons. The van der Waals surface area contributed by atoms with Crippen LogP contribution in [0.5, 0.6) is 5.75 Å². The molecule has 0 bridgehead atoms. The minimum Gasteiger partial charge on any atom is -0.497 e. The Kier molecular flexibility index (Phi) is 6.20. The third-order valence-corrected chi connectivity index (χ3v) is 6.17. The van der Waals surface area contributed by atoms with Gasteiger partial charge in [0, 0.05) is 38.6 Å². The van der Waals surface area contributed by atoms with Crippen LogP contribution in [0.3, 0.4) is 0 Å². The van der Waals surface area contributed by atoms with E-state index in [4.69, 9.17) is 9.47 Å². The van der Waals surface area contributed by atoms with Crippen LogP contribution in [0, 0.1) is 11.8 Å². The zero-order valence-electron chi connectivity index (χ0n) is 15.9. The van der Waals surface area contributed by atoms with Crippen LogP contribution < -0.4 is 4.74 Å². The average molecular weight is 361 g/mol. The number of amides is 1. The van der Waals surface area contributed by atoms with Gasteiger partial charge in [0.05, 0.1) is 12.7 Å². The predicted molar refractivity (Wildman–Crippen MR) is 100 cm³/mol. The van der Waals surface area contributed by atoms with Gasteiger partial charge in [-0.1, -0.05) is 19.1 Å². The van der Waals surface area contributed by atoms with Gasteiger partial charge < -0.3 is 19.5 Å². The summed E-state index contributed by atoms with van der Waals surface area (Å²) in [5.74, 6) is 1.39. The summed E-state index contributed by atoms with van der Waals surface area (Å²) in [5, 5.41) is 11.2. The van der Waals surface area contributed by atoms with Crippen LogP contribution in [0.15, 0.2) is 24.3 Å². The molecule has 2 aliphatic heterocycles. The van der Waals surface area contributed by atoms with Crippen LogP contribution in [0.2, 0.25) is 0 Å². The average Bonchev–Trinajstić information content (AvgIpc) is 2.69. The molecule has 0 aromatic heterocycles. The molecule has 2 atom stereocenters. The van der Waals surface area contributed by atoms with Crippen molar-refractivity contribution in [2.45, 2.75) is 44.6 Å². The largest absolute Gasteiger partial charge is 0.497 e. The van der Waals surface area contributed by atoms with Gasteiger partial charge >= 0.3 is 0 Å². The normalized spacial score (nSPS) is 27.3. The number of piperidine rings is 1. The molecular weight excluding hydrogens is 330 g/mol. The molecule has 0 unspecified atom stereocenters. The summed E-state index contributed by atoms with van der Waals surface area (Å²) in [7, 11) is 1.65. The zero-order chi connectivity index (χ0) is 18.6. The number of carbonyl (C=O) groups is 1. The fourth-order valence-electron chi connectivity index (χ4n) is 4.41. The number of hydrogen-bond acceptors (Lipinski definition) is 4. The maximum Gasteiger partial charge on any atom is 0.222 e. The van der Waals surface area contributed by atoms with Crippen molar-refractivity contribution in [1.82, 2.24) is 4.90 Å². The summed E-state index contributed by atoms with van der Waals surface area (Å²) in [4.78, 5) is 14.6. The number of hydrogen-bond donors (Lipinski definition) is 1. The molecule has 5 heteroatoms. The van der Waals surface area contributed by atoms with Crippen LogP contribution >= 0.6 is 0 Å². The van der Waals surface area contributed by atoms with E-state index < -0.39 is 5.60 Å². The van der Waals surface area contributed by atoms with Crippen LogP contribution in [0.4, 0.5) is 0 Å². The molecule has 2 fully saturated rings. The van der Waals surface area contributed by atoms with E-state index in [1.165, 1.54) is 0 Å². The summed E-state index contributed by atoms with van der Waals surface area (Å²) in [6.07, 6.45) is 3.72. The van der Waals surface area contributed by atoms with Crippen molar-refractivity contribution in [1.29, 1.82) is 0 Å². The smallest absolute Gasteiger partial charge is 0.222 e. The van der Waals surface area contributed by atoms with Gasteiger partial charge in [-0.3, -0.25) is 4.79 Å². The number of rotatable bonds is 5. The lowest BCUT2D eigenvalue weighted by Gasteiger charge is -2.48. The molecule has 0 spiro atoms. The Morgan fingerprint density at radius 1 is 1.38 bits per heavy atom. The van der Waals surface area contributed by atoms with E-state index in [9.17, 15) is 9.90 Å². The highest BCUT2D eigenvalue weighted by atomic mass is 16.5. The maximum absolute atomic E-state index is 12.7. The van der Waals surface area contributed by atoms with Crippen LogP contribution in [0.1, 0.15) is 38.2 Å². The molecule has 5 nitrogen and oxygen atoms in total. The minimum atomic E-state index is -0.659. The molecule has 1 amide bonds. The Morgan fingerprint density at radius 3 is 2.85 bits per heavy atom. The molecular formula is C21H31NO4. The molecule has 0 radical (unpaired) electrons. The molecule has 2 aliphatic rings. The van der Waals surface area contributed by atoms with Crippen molar-refractivity contribution in [3.63, 3.8) is 0 Å². The van der Waals surface area contributed by atoms with Crippen molar-refractivity contribution in [2.75, 3.05) is 33.4 Å². The van der Waals surface area contributed by atoms with Gasteiger partial charge in [0.15, 0.2) is 0 Å². The van der Waals surface area contributed by atoms with Gasteiger partial charge in [-0.25, -0.2) is 0 Å². The summed E-state index contributed by atoms with van der Waals surface area (Å²) in [6, 6.07) is 7.87. The van der Waals surface area contributed by atoms with E-state index in [0.29, 0.717) is 38.3 Å². The molecule has 1 aromatic carbocycles. The lowest BCUT2D eigenvalue weighted by molar-refractivity contribution is -0.151. The van der Waals surface area contributed by atoms with Crippen molar-refractivity contribution >= 4 is 5.91 Å². The molecule has 0 saturated carbocycles. The van der Waals surface area contributed by atoms with Crippen molar-refractivity contribution < 1.29 is 19.4 Å². The highest BCUT2D eigenvalue weighted by Crippen LogP contribution is 2.39. The van der Waals surface area contributed by atoms with E-state index in [-0.39, 0.29) is 11.8 Å². The molecule has 1 aromatic rings. The Morgan fingerprint density at radius 2 is 2.15 bits per heavy atom. The van der Waals surface area contributed by atoms with E-state index in [0.717, 1.165) is 37.4 Å². The Hall–Kier alpha value is -1.59. The van der Waals surface area contributed by atoms with Crippen LogP contribution in [0.25, 0.3) is 0 Å². The lowest BCUT2D eigenvalue weighted by atomic mass is 9.70. The van der Waals surface area contributed by atoms with Crippen molar-refractivity contribution in [3.8, 4) is 5.75 Å². The molecule has 3 rings (SSSR count).